The summed E-state index contributed by atoms with van der Waals surface area (Å²) in [5.74, 6) is 0.353. The van der Waals surface area contributed by atoms with Gasteiger partial charge in [0.15, 0.2) is 0 Å². The summed E-state index contributed by atoms with van der Waals surface area (Å²) in [4.78, 5) is 0. The molecule has 46 valence electrons. The summed E-state index contributed by atoms with van der Waals surface area (Å²) in [5.41, 5.74) is 11.5. The van der Waals surface area contributed by atoms with Crippen molar-refractivity contribution in [2.45, 2.75) is 13.8 Å². The normalized spacial score (nSPS) is 7.75. The van der Waals surface area contributed by atoms with Crippen molar-refractivity contribution in [1.82, 2.24) is 0 Å². The second kappa shape index (κ2) is 3.13. The molecule has 4 N–H and O–H groups in total. The topological polar surface area (TPSA) is 52.0 Å². The minimum atomic E-state index is 0.353. The van der Waals surface area contributed by atoms with Gasteiger partial charge in [0.05, 0.1) is 5.82 Å². The van der Waals surface area contributed by atoms with Crippen LogP contribution in [0.25, 0.3) is 0 Å². The van der Waals surface area contributed by atoms with E-state index in [4.69, 9.17) is 11.5 Å². The number of rotatable bonds is 1. The van der Waals surface area contributed by atoms with Crippen LogP contribution in [0.2, 0.25) is 0 Å². The Morgan fingerprint density at radius 2 is 1.62 bits per heavy atom. The monoisotopic (exact) mass is 112 g/mol. The molecule has 2 heteroatoms. The van der Waals surface area contributed by atoms with Gasteiger partial charge >= 0.3 is 0 Å². The maximum absolute atomic E-state index is 5.14. The summed E-state index contributed by atoms with van der Waals surface area (Å²) in [7, 11) is 0. The molecule has 0 aromatic heterocycles. The number of hydrogen-bond acceptors (Lipinski definition) is 2. The number of nitrogens with two attached hydrogens (primary N) is 2. The van der Waals surface area contributed by atoms with Crippen LogP contribution in [0.1, 0.15) is 13.8 Å². The molecule has 0 spiro atoms. The van der Waals surface area contributed by atoms with Crippen molar-refractivity contribution in [2.24, 2.45) is 11.5 Å². The minimum absolute atomic E-state index is 0.353. The summed E-state index contributed by atoms with van der Waals surface area (Å²) in [6.45, 7) is 3.97. The van der Waals surface area contributed by atoms with Crippen molar-refractivity contribution >= 4 is 0 Å². The third kappa shape index (κ3) is 5.08. The predicted molar refractivity (Wildman–Crippen MR) is 35.9 cm³/mol. The molecule has 0 bridgehead atoms. The molecule has 0 saturated heterocycles. The van der Waals surface area contributed by atoms with E-state index in [9.17, 15) is 0 Å². The smallest absolute Gasteiger partial charge is 0.0933 e. The molecule has 0 unspecified atom stereocenters. The van der Waals surface area contributed by atoms with Gasteiger partial charge in [0.1, 0.15) is 0 Å². The highest BCUT2D eigenvalue weighted by molar-refractivity contribution is 5.10. The van der Waals surface area contributed by atoms with Crippen LogP contribution in [0.15, 0.2) is 23.5 Å². The van der Waals surface area contributed by atoms with Crippen molar-refractivity contribution in [1.29, 1.82) is 0 Å². The molecule has 0 aliphatic heterocycles. The van der Waals surface area contributed by atoms with E-state index in [-0.39, 0.29) is 0 Å². The SMILES string of the molecule is CC(C)=CC=C(N)N. The lowest BCUT2D eigenvalue weighted by Gasteiger charge is -1.85. The standard InChI is InChI=1S/C6H12N2/c1-5(2)3-4-6(7)8/h3-4H,7-8H2,1-2H3. The quantitative estimate of drug-likeness (QED) is 0.491. The lowest BCUT2D eigenvalue weighted by molar-refractivity contribution is 1.24. The van der Waals surface area contributed by atoms with Crippen LogP contribution in [0.4, 0.5) is 0 Å². The summed E-state index contributed by atoms with van der Waals surface area (Å²) < 4.78 is 0. The Balaban J connectivity index is 3.76. The molecule has 8 heavy (non-hydrogen) atoms. The van der Waals surface area contributed by atoms with Gasteiger partial charge in [0.25, 0.3) is 0 Å². The highest BCUT2D eigenvalue weighted by Gasteiger charge is 1.72. The Kier molecular flexibility index (Phi) is 2.77. The Hall–Kier alpha value is -0.920. The van der Waals surface area contributed by atoms with Crippen LogP contribution in [0, 0.1) is 0 Å². The average molecular weight is 112 g/mol. The molecule has 0 radical (unpaired) electrons. The Bertz CT molecular complexity index is 98.5. The van der Waals surface area contributed by atoms with E-state index in [0.29, 0.717) is 5.82 Å². The molecule has 0 aromatic rings. The van der Waals surface area contributed by atoms with E-state index in [1.165, 1.54) is 5.57 Å². The Morgan fingerprint density at radius 3 is 1.75 bits per heavy atom. The maximum Gasteiger partial charge on any atom is 0.0933 e. The first-order valence-electron chi connectivity index (χ1n) is 2.49. The van der Waals surface area contributed by atoms with Crippen LogP contribution in [0.5, 0.6) is 0 Å². The molecule has 0 aliphatic carbocycles. The molecule has 0 atom stereocenters. The van der Waals surface area contributed by atoms with Crippen LogP contribution in [0.3, 0.4) is 0 Å². The highest BCUT2D eigenvalue weighted by Crippen LogP contribution is 1.87. The Morgan fingerprint density at radius 1 is 1.12 bits per heavy atom. The van der Waals surface area contributed by atoms with Crippen LogP contribution in [-0.4, -0.2) is 0 Å². The van der Waals surface area contributed by atoms with Crippen molar-refractivity contribution in [3.05, 3.63) is 23.5 Å². The zero-order valence-electron chi connectivity index (χ0n) is 5.31. The lowest BCUT2D eigenvalue weighted by atomic mass is 10.3. The first kappa shape index (κ1) is 7.08. The van der Waals surface area contributed by atoms with Crippen LogP contribution in [-0.2, 0) is 0 Å². The largest absolute Gasteiger partial charge is 0.386 e. The fourth-order valence-electron chi connectivity index (χ4n) is 0.263. The second-order valence-corrected chi connectivity index (χ2v) is 1.91. The van der Waals surface area contributed by atoms with Crippen molar-refractivity contribution in [2.75, 3.05) is 0 Å². The van der Waals surface area contributed by atoms with Crippen LogP contribution < -0.4 is 11.5 Å². The average Bonchev–Trinajstić information content (AvgIpc) is 1.61. The van der Waals surface area contributed by atoms with E-state index >= 15 is 0 Å². The molecule has 0 aromatic carbocycles. The van der Waals surface area contributed by atoms with Gasteiger partial charge in [0, 0.05) is 0 Å². The van der Waals surface area contributed by atoms with Gasteiger partial charge in [-0.2, -0.15) is 0 Å². The lowest BCUT2D eigenvalue weighted by Crippen LogP contribution is -2.06. The first-order chi connectivity index (χ1) is 3.63. The van der Waals surface area contributed by atoms with Gasteiger partial charge in [-0.25, -0.2) is 0 Å². The first-order valence-corrected chi connectivity index (χ1v) is 2.49. The molecule has 0 fully saturated rings. The van der Waals surface area contributed by atoms with Gasteiger partial charge in [-0.15, -0.1) is 0 Å². The summed E-state index contributed by atoms with van der Waals surface area (Å²) in [6.07, 6.45) is 3.55. The molecule has 2 nitrogen and oxygen atoms in total. The third-order valence-corrected chi connectivity index (χ3v) is 0.609. The van der Waals surface area contributed by atoms with Crippen molar-refractivity contribution in [3.63, 3.8) is 0 Å². The zero-order valence-corrected chi connectivity index (χ0v) is 5.31. The number of allylic oxidation sites excluding steroid dienone is 3. The molecule has 0 rings (SSSR count). The Labute approximate surface area is 49.9 Å². The molecule has 0 heterocycles. The molecular weight excluding hydrogens is 100 g/mol. The fraction of sp³-hybridized carbons (Fsp3) is 0.333. The summed E-state index contributed by atoms with van der Waals surface area (Å²) in [5, 5.41) is 0. The van der Waals surface area contributed by atoms with E-state index in [2.05, 4.69) is 0 Å². The van der Waals surface area contributed by atoms with Gasteiger partial charge in [-0.05, 0) is 19.9 Å². The maximum atomic E-state index is 5.14. The molecule has 0 amide bonds. The second-order valence-electron chi connectivity index (χ2n) is 1.91. The zero-order chi connectivity index (χ0) is 6.57. The molecular formula is C6H12N2. The summed E-state index contributed by atoms with van der Waals surface area (Å²) in [6, 6.07) is 0. The van der Waals surface area contributed by atoms with E-state index in [0.717, 1.165) is 0 Å². The van der Waals surface area contributed by atoms with Crippen molar-refractivity contribution in [3.8, 4) is 0 Å². The fourth-order valence-corrected chi connectivity index (χ4v) is 0.263. The van der Waals surface area contributed by atoms with Gasteiger partial charge in [-0.3, -0.25) is 0 Å². The highest BCUT2D eigenvalue weighted by atomic mass is 14.8. The number of hydrogen-bond donors (Lipinski definition) is 2. The minimum Gasteiger partial charge on any atom is -0.386 e. The van der Waals surface area contributed by atoms with Crippen LogP contribution >= 0.6 is 0 Å². The third-order valence-electron chi connectivity index (χ3n) is 0.609. The van der Waals surface area contributed by atoms with Crippen molar-refractivity contribution < 1.29 is 0 Å². The van der Waals surface area contributed by atoms with E-state index in [1.54, 1.807) is 6.08 Å². The summed E-state index contributed by atoms with van der Waals surface area (Å²) >= 11 is 0. The van der Waals surface area contributed by atoms with E-state index in [1.807, 2.05) is 19.9 Å². The van der Waals surface area contributed by atoms with E-state index < -0.39 is 0 Å². The van der Waals surface area contributed by atoms with Gasteiger partial charge in [-0.1, -0.05) is 11.6 Å². The molecule has 0 saturated carbocycles. The van der Waals surface area contributed by atoms with Gasteiger partial charge in [0.2, 0.25) is 0 Å². The van der Waals surface area contributed by atoms with Gasteiger partial charge < -0.3 is 11.5 Å². The molecule has 0 aliphatic rings. The predicted octanol–water partition coefficient (Wildman–Crippen LogP) is 0.711.